The molecule has 0 aromatic heterocycles. The van der Waals surface area contributed by atoms with Gasteiger partial charge in [-0.25, -0.2) is 14.0 Å². The Bertz CT molecular complexity index is 1070. The number of aliphatic carboxylic acids is 2. The lowest BCUT2D eigenvalue weighted by Crippen LogP contribution is -2.49. The van der Waals surface area contributed by atoms with Crippen LogP contribution in [0.15, 0.2) is 48.5 Å². The number of ether oxygens (including phenoxy) is 1. The first kappa shape index (κ1) is 32.5. The monoisotopic (exact) mass is 561 g/mol. The number of carbonyl (C=O) groups excluding carboxylic acids is 1. The molecule has 11 heteroatoms. The second kappa shape index (κ2) is 16.4. The number of aliphatic hydroxyl groups is 1. The Morgan fingerprint density at radius 1 is 1.02 bits per heavy atom. The van der Waals surface area contributed by atoms with Crippen LogP contribution in [0, 0.1) is 11.7 Å². The molecule has 10 nitrogen and oxygen atoms in total. The van der Waals surface area contributed by atoms with Crippen LogP contribution in [0.1, 0.15) is 44.2 Å². The number of amides is 2. The zero-order valence-electron chi connectivity index (χ0n) is 23.3. The molecule has 1 atom stereocenters. The minimum atomic E-state index is -1.79. The number of aliphatic hydroxyl groups excluding tert-OH is 1. The SMILES string of the molecule is CC(C)COc1ccc(CNC(=O)N(Cc2ccc(F)cc2)C2CCN(C)CC2)cc1.O=C(O)CC(O)C(=O)O. The smallest absolute Gasteiger partial charge is 0.333 e. The molecule has 1 saturated heterocycles. The van der Waals surface area contributed by atoms with E-state index < -0.39 is 24.5 Å². The van der Waals surface area contributed by atoms with Crippen LogP contribution in [0.25, 0.3) is 0 Å². The van der Waals surface area contributed by atoms with Gasteiger partial charge in [0.25, 0.3) is 0 Å². The van der Waals surface area contributed by atoms with E-state index in [2.05, 4.69) is 31.1 Å². The van der Waals surface area contributed by atoms with Crippen molar-refractivity contribution in [2.45, 2.75) is 58.3 Å². The Hall–Kier alpha value is -3.70. The zero-order chi connectivity index (χ0) is 29.7. The minimum absolute atomic E-state index is 0.0842. The molecule has 3 rings (SSSR count). The van der Waals surface area contributed by atoms with Gasteiger partial charge in [-0.1, -0.05) is 38.1 Å². The highest BCUT2D eigenvalue weighted by molar-refractivity contribution is 5.79. The summed E-state index contributed by atoms with van der Waals surface area (Å²) in [7, 11) is 2.11. The van der Waals surface area contributed by atoms with E-state index in [1.54, 1.807) is 12.1 Å². The summed E-state index contributed by atoms with van der Waals surface area (Å²) in [4.78, 5) is 36.7. The topological polar surface area (TPSA) is 140 Å². The molecule has 40 heavy (non-hydrogen) atoms. The van der Waals surface area contributed by atoms with E-state index in [0.29, 0.717) is 25.6 Å². The Kier molecular flexibility index (Phi) is 13.3. The quantitative estimate of drug-likeness (QED) is 0.327. The van der Waals surface area contributed by atoms with Crippen molar-refractivity contribution in [1.82, 2.24) is 15.1 Å². The van der Waals surface area contributed by atoms with Crippen molar-refractivity contribution < 1.29 is 38.8 Å². The van der Waals surface area contributed by atoms with E-state index in [1.165, 1.54) is 12.1 Å². The number of urea groups is 1. The fourth-order valence-corrected chi connectivity index (χ4v) is 3.96. The average molecular weight is 562 g/mol. The van der Waals surface area contributed by atoms with Crippen molar-refractivity contribution in [3.05, 3.63) is 65.5 Å². The van der Waals surface area contributed by atoms with Crippen molar-refractivity contribution in [2.75, 3.05) is 26.7 Å². The third kappa shape index (κ3) is 12.0. The van der Waals surface area contributed by atoms with Gasteiger partial charge in [-0.3, -0.25) is 4.79 Å². The summed E-state index contributed by atoms with van der Waals surface area (Å²) in [6.07, 6.45) is -0.669. The van der Waals surface area contributed by atoms with E-state index in [0.717, 1.165) is 42.8 Å². The molecule has 0 spiro atoms. The summed E-state index contributed by atoms with van der Waals surface area (Å²) in [5, 5.41) is 27.2. The Labute approximate surface area is 234 Å². The summed E-state index contributed by atoms with van der Waals surface area (Å²) in [6, 6.07) is 14.3. The van der Waals surface area contributed by atoms with E-state index in [4.69, 9.17) is 20.1 Å². The minimum Gasteiger partial charge on any atom is -0.493 e. The van der Waals surface area contributed by atoms with Gasteiger partial charge in [-0.2, -0.15) is 0 Å². The molecule has 1 aliphatic heterocycles. The molecular formula is C29H40FN3O7. The highest BCUT2D eigenvalue weighted by atomic mass is 19.1. The molecule has 1 heterocycles. The van der Waals surface area contributed by atoms with Crippen LogP contribution in [-0.4, -0.2) is 82.0 Å². The van der Waals surface area contributed by atoms with Gasteiger partial charge < -0.3 is 35.2 Å². The molecule has 4 N–H and O–H groups in total. The molecule has 1 fully saturated rings. The van der Waals surface area contributed by atoms with Crippen LogP contribution in [0.3, 0.4) is 0 Å². The maximum atomic E-state index is 13.3. The van der Waals surface area contributed by atoms with Crippen LogP contribution < -0.4 is 10.1 Å². The van der Waals surface area contributed by atoms with E-state index in [1.807, 2.05) is 29.2 Å². The number of halogens is 1. The number of carboxylic acid groups (broad SMARTS) is 2. The van der Waals surface area contributed by atoms with E-state index >= 15 is 0 Å². The first-order valence-corrected chi connectivity index (χ1v) is 13.3. The van der Waals surface area contributed by atoms with Gasteiger partial charge in [0.15, 0.2) is 6.10 Å². The highest BCUT2D eigenvalue weighted by Crippen LogP contribution is 2.19. The van der Waals surface area contributed by atoms with E-state index in [-0.39, 0.29) is 17.9 Å². The summed E-state index contributed by atoms with van der Waals surface area (Å²) < 4.78 is 19.0. The van der Waals surface area contributed by atoms with Crippen molar-refractivity contribution in [2.24, 2.45) is 5.92 Å². The second-order valence-corrected chi connectivity index (χ2v) is 10.2. The van der Waals surface area contributed by atoms with Gasteiger partial charge in [0.2, 0.25) is 0 Å². The third-order valence-electron chi connectivity index (χ3n) is 6.26. The lowest BCUT2D eigenvalue weighted by atomic mass is 10.0. The maximum absolute atomic E-state index is 13.3. The summed E-state index contributed by atoms with van der Waals surface area (Å²) >= 11 is 0. The summed E-state index contributed by atoms with van der Waals surface area (Å²) in [5.41, 5.74) is 1.96. The van der Waals surface area contributed by atoms with Gasteiger partial charge in [0.05, 0.1) is 13.0 Å². The number of carboxylic acids is 2. The molecule has 1 unspecified atom stereocenters. The number of carbonyl (C=O) groups is 3. The Morgan fingerprint density at radius 3 is 2.10 bits per heavy atom. The molecule has 220 valence electrons. The summed E-state index contributed by atoms with van der Waals surface area (Å²) in [5.74, 6) is -1.79. The first-order chi connectivity index (χ1) is 18.9. The molecule has 1 aliphatic rings. The fourth-order valence-electron chi connectivity index (χ4n) is 3.96. The average Bonchev–Trinajstić information content (AvgIpc) is 2.91. The lowest BCUT2D eigenvalue weighted by Gasteiger charge is -2.37. The summed E-state index contributed by atoms with van der Waals surface area (Å²) in [6.45, 7) is 7.78. The number of hydrogen-bond donors (Lipinski definition) is 4. The first-order valence-electron chi connectivity index (χ1n) is 13.3. The van der Waals surface area contributed by atoms with Crippen LogP contribution in [0.2, 0.25) is 0 Å². The lowest BCUT2D eigenvalue weighted by molar-refractivity contribution is -0.152. The van der Waals surface area contributed by atoms with Crippen LogP contribution in [-0.2, 0) is 22.7 Å². The number of likely N-dealkylation sites (tertiary alicyclic amines) is 1. The predicted octanol–water partition coefficient (Wildman–Crippen LogP) is 3.57. The molecule has 0 bridgehead atoms. The van der Waals surface area contributed by atoms with Crippen LogP contribution in [0.5, 0.6) is 5.75 Å². The number of hydrogen-bond acceptors (Lipinski definition) is 6. The van der Waals surface area contributed by atoms with Gasteiger partial charge in [0.1, 0.15) is 11.6 Å². The molecule has 0 saturated carbocycles. The largest absolute Gasteiger partial charge is 0.493 e. The van der Waals surface area contributed by atoms with Crippen molar-refractivity contribution >= 4 is 18.0 Å². The van der Waals surface area contributed by atoms with Crippen LogP contribution in [0.4, 0.5) is 9.18 Å². The second-order valence-electron chi connectivity index (χ2n) is 10.2. The van der Waals surface area contributed by atoms with Gasteiger partial charge in [-0.05, 0) is 74.3 Å². The van der Waals surface area contributed by atoms with Crippen molar-refractivity contribution in [1.29, 1.82) is 0 Å². The molecule has 2 amide bonds. The van der Waals surface area contributed by atoms with Crippen molar-refractivity contribution in [3.63, 3.8) is 0 Å². The van der Waals surface area contributed by atoms with Crippen molar-refractivity contribution in [3.8, 4) is 5.75 Å². The standard InChI is InChI=1S/C25H34FN3O2.C4H6O5/c1-19(2)18-31-24-10-6-20(7-11-24)16-27-25(30)29(23-12-14-28(3)15-13-23)17-21-4-8-22(26)9-5-21;5-2(4(8)9)1-3(6)7/h4-11,19,23H,12-18H2,1-3H3,(H,27,30);2,5H,1H2,(H,6,7)(H,8,9). The third-order valence-corrected chi connectivity index (χ3v) is 6.26. The normalized spacial score (nSPS) is 14.6. The number of rotatable bonds is 11. The molecule has 0 radical (unpaired) electrons. The zero-order valence-corrected chi connectivity index (χ0v) is 23.3. The van der Waals surface area contributed by atoms with Crippen LogP contribution >= 0.6 is 0 Å². The molecule has 0 aliphatic carbocycles. The predicted molar refractivity (Wildman–Crippen MR) is 147 cm³/mol. The number of nitrogens with one attached hydrogen (secondary N) is 1. The van der Waals surface area contributed by atoms with Gasteiger partial charge >= 0.3 is 18.0 Å². The van der Waals surface area contributed by atoms with E-state index in [9.17, 15) is 18.8 Å². The molecule has 2 aromatic carbocycles. The number of nitrogens with zero attached hydrogens (tertiary/aromatic N) is 2. The maximum Gasteiger partial charge on any atom is 0.333 e. The number of benzene rings is 2. The Balaban J connectivity index is 0.000000536. The molecular weight excluding hydrogens is 521 g/mol. The Morgan fingerprint density at radius 2 is 1.60 bits per heavy atom. The number of piperidine rings is 1. The van der Waals surface area contributed by atoms with Gasteiger partial charge in [0, 0.05) is 19.1 Å². The fraction of sp³-hybridized carbons (Fsp3) is 0.483. The molecule has 2 aromatic rings. The van der Waals surface area contributed by atoms with Gasteiger partial charge in [-0.15, -0.1) is 0 Å². The highest BCUT2D eigenvalue weighted by Gasteiger charge is 2.27.